The number of carbonyl (C=O) groups excluding carboxylic acids is 2. The second-order valence-electron chi connectivity index (χ2n) is 7.88. The number of aromatic nitrogens is 2. The number of rotatable bonds is 7. The molecule has 0 saturated carbocycles. The highest BCUT2D eigenvalue weighted by Crippen LogP contribution is 2.36. The molecule has 1 N–H and O–H groups in total. The van der Waals surface area contributed by atoms with Crippen LogP contribution in [0.1, 0.15) is 37.6 Å². The number of ether oxygens (including phenoxy) is 1. The fraction of sp³-hybridized carbons (Fsp3) is 0.600. The van der Waals surface area contributed by atoms with Crippen LogP contribution in [0.5, 0.6) is 0 Å². The Hall–Kier alpha value is -1.87. The van der Waals surface area contributed by atoms with Gasteiger partial charge in [-0.15, -0.1) is 11.3 Å². The van der Waals surface area contributed by atoms with E-state index in [1.807, 2.05) is 0 Å². The van der Waals surface area contributed by atoms with Crippen LogP contribution in [0.4, 0.5) is 0 Å². The molecule has 1 aliphatic carbocycles. The van der Waals surface area contributed by atoms with Crippen molar-refractivity contribution in [3.63, 3.8) is 0 Å². The molecule has 7 nitrogen and oxygen atoms in total. The number of carbonyl (C=O) groups is 2. The Labute approximate surface area is 178 Å². The molecule has 0 fully saturated rings. The van der Waals surface area contributed by atoms with Gasteiger partial charge in [0, 0.05) is 11.4 Å². The number of thiophene rings is 1. The Balaban J connectivity index is 1.90. The number of nitrogens with zero attached hydrogens (tertiary/aromatic N) is 2. The third kappa shape index (κ3) is 5.01. The molecule has 2 aromatic heterocycles. The van der Waals surface area contributed by atoms with E-state index in [1.54, 1.807) is 15.9 Å². The van der Waals surface area contributed by atoms with Gasteiger partial charge in [-0.25, -0.2) is 4.98 Å². The first-order valence-electron chi connectivity index (χ1n) is 9.81. The number of amides is 1. The van der Waals surface area contributed by atoms with Crippen molar-refractivity contribution in [3.8, 4) is 0 Å². The Bertz CT molecular complexity index is 980. The van der Waals surface area contributed by atoms with Crippen molar-refractivity contribution < 1.29 is 14.3 Å². The maximum absolute atomic E-state index is 13.4. The molecule has 158 valence electrons. The van der Waals surface area contributed by atoms with Crippen LogP contribution in [0, 0.1) is 11.8 Å². The molecule has 0 radical (unpaired) electrons. The van der Waals surface area contributed by atoms with Gasteiger partial charge in [-0.2, -0.15) is 0 Å². The molecule has 1 atom stereocenters. The quantitative estimate of drug-likeness (QED) is 0.407. The lowest BCUT2D eigenvalue weighted by Crippen LogP contribution is -2.32. The summed E-state index contributed by atoms with van der Waals surface area (Å²) in [7, 11) is 1.27. The monoisotopic (exact) mass is 437 g/mol. The van der Waals surface area contributed by atoms with Crippen molar-refractivity contribution in [1.82, 2.24) is 14.9 Å². The first-order chi connectivity index (χ1) is 13.8. The summed E-state index contributed by atoms with van der Waals surface area (Å²) in [5, 5.41) is 3.83. The number of thioether (sulfide) groups is 1. The molecular weight excluding hydrogens is 410 g/mol. The molecular formula is C20H27N3O4S2. The lowest BCUT2D eigenvalue weighted by molar-refractivity contribution is -0.140. The molecule has 2 aromatic rings. The zero-order chi connectivity index (χ0) is 21.1. The van der Waals surface area contributed by atoms with Crippen molar-refractivity contribution in [3.05, 3.63) is 20.8 Å². The fourth-order valence-electron chi connectivity index (χ4n) is 3.47. The summed E-state index contributed by atoms with van der Waals surface area (Å²) in [5.74, 6) is 0.174. The van der Waals surface area contributed by atoms with Crippen LogP contribution < -0.4 is 10.9 Å². The van der Waals surface area contributed by atoms with Crippen molar-refractivity contribution in [1.29, 1.82) is 0 Å². The van der Waals surface area contributed by atoms with Crippen LogP contribution >= 0.6 is 23.1 Å². The number of hydrogen-bond acceptors (Lipinski definition) is 7. The summed E-state index contributed by atoms with van der Waals surface area (Å²) in [4.78, 5) is 43.4. The Morgan fingerprint density at radius 3 is 2.86 bits per heavy atom. The third-order valence-electron chi connectivity index (χ3n) is 4.92. The summed E-state index contributed by atoms with van der Waals surface area (Å²) in [5.41, 5.74) is 1.17. The van der Waals surface area contributed by atoms with E-state index < -0.39 is 5.97 Å². The summed E-state index contributed by atoms with van der Waals surface area (Å²) >= 11 is 2.84. The predicted octanol–water partition coefficient (Wildman–Crippen LogP) is 2.62. The smallest absolute Gasteiger partial charge is 0.325 e. The molecule has 2 heterocycles. The van der Waals surface area contributed by atoms with E-state index in [9.17, 15) is 14.4 Å². The fourth-order valence-corrected chi connectivity index (χ4v) is 5.73. The van der Waals surface area contributed by atoms with E-state index in [4.69, 9.17) is 4.98 Å². The highest BCUT2D eigenvalue weighted by atomic mass is 32.2. The van der Waals surface area contributed by atoms with E-state index in [2.05, 4.69) is 30.8 Å². The molecule has 0 aliphatic heterocycles. The molecule has 1 aliphatic rings. The molecule has 1 unspecified atom stereocenters. The van der Waals surface area contributed by atoms with Gasteiger partial charge < -0.3 is 10.1 Å². The molecule has 0 spiro atoms. The number of nitrogens with one attached hydrogen (secondary N) is 1. The number of aryl methyl sites for hydroxylation is 1. The number of fused-ring (bicyclic) bond motifs is 3. The first-order valence-corrected chi connectivity index (χ1v) is 11.6. The van der Waals surface area contributed by atoms with E-state index in [0.29, 0.717) is 17.6 Å². The second kappa shape index (κ2) is 9.30. The number of methoxy groups -OCH3 is 1. The van der Waals surface area contributed by atoms with Gasteiger partial charge in [0.05, 0.1) is 18.2 Å². The Morgan fingerprint density at radius 1 is 1.41 bits per heavy atom. The zero-order valence-electron chi connectivity index (χ0n) is 17.2. The van der Waals surface area contributed by atoms with Crippen LogP contribution in [0.2, 0.25) is 0 Å². The van der Waals surface area contributed by atoms with Gasteiger partial charge in [-0.3, -0.25) is 19.0 Å². The van der Waals surface area contributed by atoms with E-state index in [0.717, 1.165) is 29.5 Å². The average Bonchev–Trinajstić information content (AvgIpc) is 3.03. The summed E-state index contributed by atoms with van der Waals surface area (Å²) < 4.78 is 6.23. The van der Waals surface area contributed by atoms with Crippen molar-refractivity contribution >= 4 is 45.2 Å². The number of esters is 1. The first kappa shape index (κ1) is 21.8. The molecule has 29 heavy (non-hydrogen) atoms. The van der Waals surface area contributed by atoms with Crippen LogP contribution in [0.3, 0.4) is 0 Å². The van der Waals surface area contributed by atoms with Crippen LogP contribution in [-0.4, -0.2) is 40.8 Å². The van der Waals surface area contributed by atoms with E-state index >= 15 is 0 Å². The maximum Gasteiger partial charge on any atom is 0.325 e. The van der Waals surface area contributed by atoms with Gasteiger partial charge in [0.25, 0.3) is 5.56 Å². The van der Waals surface area contributed by atoms with Gasteiger partial charge in [0.1, 0.15) is 11.4 Å². The Morgan fingerprint density at radius 2 is 2.17 bits per heavy atom. The van der Waals surface area contributed by atoms with Gasteiger partial charge in [0.15, 0.2) is 5.16 Å². The highest BCUT2D eigenvalue weighted by molar-refractivity contribution is 7.99. The van der Waals surface area contributed by atoms with Crippen LogP contribution in [-0.2, 0) is 33.7 Å². The average molecular weight is 438 g/mol. The highest BCUT2D eigenvalue weighted by Gasteiger charge is 2.25. The third-order valence-corrected chi connectivity index (χ3v) is 7.04. The normalized spacial score (nSPS) is 16.1. The Kier molecular flexibility index (Phi) is 7.00. The second-order valence-corrected chi connectivity index (χ2v) is 9.90. The summed E-state index contributed by atoms with van der Waals surface area (Å²) in [6, 6.07) is 0. The van der Waals surface area contributed by atoms with Gasteiger partial charge in [-0.05, 0) is 36.7 Å². The lowest BCUT2D eigenvalue weighted by Gasteiger charge is -2.18. The molecule has 9 heteroatoms. The standard InChI is InChI=1S/C20H27N3O4S2/c1-11(2)9-23-19(26)17-13-6-5-12(3)7-14(13)29-18(17)22-20(23)28-10-15(24)21-8-16(25)27-4/h11-12H,5-10H2,1-4H3,(H,21,24). The predicted molar refractivity (Wildman–Crippen MR) is 116 cm³/mol. The SMILES string of the molecule is COC(=O)CNC(=O)CSc1nc2sc3c(c2c(=O)n1CC(C)C)CCC(C)C3. The van der Waals surface area contributed by atoms with E-state index in [-0.39, 0.29) is 29.7 Å². The van der Waals surface area contributed by atoms with Gasteiger partial charge in [0.2, 0.25) is 5.91 Å². The minimum Gasteiger partial charge on any atom is -0.468 e. The molecule has 0 saturated heterocycles. The zero-order valence-corrected chi connectivity index (χ0v) is 18.9. The minimum atomic E-state index is -0.502. The van der Waals surface area contributed by atoms with Gasteiger partial charge >= 0.3 is 5.97 Å². The molecule has 1 amide bonds. The van der Waals surface area contributed by atoms with E-state index in [1.165, 1.54) is 29.3 Å². The van der Waals surface area contributed by atoms with Crippen LogP contribution in [0.15, 0.2) is 9.95 Å². The lowest BCUT2D eigenvalue weighted by atomic mass is 9.89. The van der Waals surface area contributed by atoms with Crippen molar-refractivity contribution in [2.75, 3.05) is 19.4 Å². The minimum absolute atomic E-state index is 0.00628. The van der Waals surface area contributed by atoms with Crippen LogP contribution in [0.25, 0.3) is 10.2 Å². The van der Waals surface area contributed by atoms with Crippen molar-refractivity contribution in [2.45, 2.75) is 51.7 Å². The molecule has 0 bridgehead atoms. The summed E-state index contributed by atoms with van der Waals surface area (Å²) in [6.07, 6.45) is 3.02. The van der Waals surface area contributed by atoms with Crippen molar-refractivity contribution in [2.24, 2.45) is 11.8 Å². The molecule has 0 aromatic carbocycles. The largest absolute Gasteiger partial charge is 0.468 e. The topological polar surface area (TPSA) is 90.3 Å². The maximum atomic E-state index is 13.4. The summed E-state index contributed by atoms with van der Waals surface area (Å²) in [6.45, 7) is 6.73. The van der Waals surface area contributed by atoms with Gasteiger partial charge in [-0.1, -0.05) is 32.5 Å². The molecule has 3 rings (SSSR count). The number of hydrogen-bond donors (Lipinski definition) is 1.